The molecule has 2 heterocycles. The number of hydrogen-bond acceptors (Lipinski definition) is 4. The summed E-state index contributed by atoms with van der Waals surface area (Å²) in [5.41, 5.74) is 0.785. The summed E-state index contributed by atoms with van der Waals surface area (Å²) in [4.78, 5) is 12.2. The number of halogens is 1. The third-order valence-corrected chi connectivity index (χ3v) is 3.21. The standard InChI is InChI=1S/C11H14ClN3O3/c1-7-5-9(13-14-10(7)12)18-8-3-2-4-15(6-8)11(16)17/h5,8H,2-4,6H2,1H3,(H,16,17)/t8-/m1/s1. The molecule has 98 valence electrons. The van der Waals surface area contributed by atoms with Crippen LogP contribution in [0.4, 0.5) is 4.79 Å². The molecule has 1 N–H and O–H groups in total. The summed E-state index contributed by atoms with van der Waals surface area (Å²) in [6.07, 6.45) is 0.510. The zero-order chi connectivity index (χ0) is 13.1. The number of piperidine rings is 1. The van der Waals surface area contributed by atoms with Gasteiger partial charge in [0, 0.05) is 12.6 Å². The summed E-state index contributed by atoms with van der Waals surface area (Å²) in [6.45, 7) is 2.73. The van der Waals surface area contributed by atoms with Gasteiger partial charge in [0.05, 0.1) is 6.54 Å². The number of rotatable bonds is 2. The van der Waals surface area contributed by atoms with Gasteiger partial charge in [-0.2, -0.15) is 0 Å². The van der Waals surface area contributed by atoms with Crippen molar-refractivity contribution in [2.24, 2.45) is 0 Å². The smallest absolute Gasteiger partial charge is 0.407 e. The van der Waals surface area contributed by atoms with Crippen molar-refractivity contribution in [1.29, 1.82) is 0 Å². The van der Waals surface area contributed by atoms with Crippen LogP contribution < -0.4 is 4.74 Å². The van der Waals surface area contributed by atoms with E-state index in [1.165, 1.54) is 4.90 Å². The maximum Gasteiger partial charge on any atom is 0.407 e. The number of carbonyl (C=O) groups is 1. The highest BCUT2D eigenvalue weighted by Crippen LogP contribution is 2.19. The minimum absolute atomic E-state index is 0.176. The van der Waals surface area contributed by atoms with Gasteiger partial charge in [0.2, 0.25) is 5.88 Å². The van der Waals surface area contributed by atoms with Crippen LogP contribution in [0.15, 0.2) is 6.07 Å². The van der Waals surface area contributed by atoms with Crippen LogP contribution in [-0.2, 0) is 0 Å². The molecule has 2 rings (SSSR count). The third kappa shape index (κ3) is 3.01. The van der Waals surface area contributed by atoms with Gasteiger partial charge in [0.25, 0.3) is 0 Å². The van der Waals surface area contributed by atoms with Crippen LogP contribution in [0.1, 0.15) is 18.4 Å². The molecule has 1 amide bonds. The zero-order valence-electron chi connectivity index (χ0n) is 9.97. The number of amides is 1. The Morgan fingerprint density at radius 3 is 3.06 bits per heavy atom. The van der Waals surface area contributed by atoms with Crippen LogP contribution in [0.3, 0.4) is 0 Å². The molecule has 1 atom stereocenters. The Balaban J connectivity index is 2.00. The molecule has 1 saturated heterocycles. The van der Waals surface area contributed by atoms with Crippen LogP contribution in [0.25, 0.3) is 0 Å². The quantitative estimate of drug-likeness (QED) is 0.890. The monoisotopic (exact) mass is 271 g/mol. The van der Waals surface area contributed by atoms with Crippen molar-refractivity contribution in [1.82, 2.24) is 15.1 Å². The second-order valence-electron chi connectivity index (χ2n) is 4.27. The highest BCUT2D eigenvalue weighted by Gasteiger charge is 2.24. The molecular formula is C11H14ClN3O3. The van der Waals surface area contributed by atoms with Crippen molar-refractivity contribution in [3.05, 3.63) is 16.8 Å². The summed E-state index contributed by atoms with van der Waals surface area (Å²) in [5, 5.41) is 16.9. The van der Waals surface area contributed by atoms with Crippen LogP contribution in [0, 0.1) is 6.92 Å². The fourth-order valence-corrected chi connectivity index (χ4v) is 1.97. The van der Waals surface area contributed by atoms with Crippen molar-refractivity contribution in [2.75, 3.05) is 13.1 Å². The molecule has 0 saturated carbocycles. The van der Waals surface area contributed by atoms with Crippen molar-refractivity contribution >= 4 is 17.7 Å². The van der Waals surface area contributed by atoms with Gasteiger partial charge >= 0.3 is 6.09 Å². The van der Waals surface area contributed by atoms with Crippen molar-refractivity contribution < 1.29 is 14.6 Å². The first kappa shape index (κ1) is 12.9. The van der Waals surface area contributed by atoms with Gasteiger partial charge in [0.1, 0.15) is 6.10 Å². The fraction of sp³-hybridized carbons (Fsp3) is 0.545. The lowest BCUT2D eigenvalue weighted by Crippen LogP contribution is -2.43. The van der Waals surface area contributed by atoms with Crippen LogP contribution in [0.2, 0.25) is 5.15 Å². The molecule has 1 aromatic heterocycles. The average Bonchev–Trinajstić information content (AvgIpc) is 2.34. The fourth-order valence-electron chi connectivity index (χ4n) is 1.88. The summed E-state index contributed by atoms with van der Waals surface area (Å²) in [7, 11) is 0. The molecule has 1 aliphatic rings. The van der Waals surface area contributed by atoms with E-state index < -0.39 is 6.09 Å². The lowest BCUT2D eigenvalue weighted by Gasteiger charge is -2.30. The number of aromatic nitrogens is 2. The van der Waals surface area contributed by atoms with Crippen molar-refractivity contribution in [3.63, 3.8) is 0 Å². The van der Waals surface area contributed by atoms with E-state index in [4.69, 9.17) is 21.4 Å². The number of nitrogens with zero attached hydrogens (tertiary/aromatic N) is 3. The van der Waals surface area contributed by atoms with E-state index in [0.717, 1.165) is 18.4 Å². The first-order valence-electron chi connectivity index (χ1n) is 5.70. The van der Waals surface area contributed by atoms with E-state index in [1.54, 1.807) is 6.07 Å². The van der Waals surface area contributed by atoms with Crippen LogP contribution >= 0.6 is 11.6 Å². The Kier molecular flexibility index (Phi) is 3.86. The molecule has 1 aromatic rings. The molecule has 1 fully saturated rings. The van der Waals surface area contributed by atoms with E-state index in [9.17, 15) is 4.79 Å². The lowest BCUT2D eigenvalue weighted by molar-refractivity contribution is 0.0761. The van der Waals surface area contributed by atoms with Crippen LogP contribution in [-0.4, -0.2) is 45.5 Å². The highest BCUT2D eigenvalue weighted by molar-refractivity contribution is 6.30. The molecule has 0 spiro atoms. The maximum absolute atomic E-state index is 10.9. The third-order valence-electron chi connectivity index (χ3n) is 2.84. The van der Waals surface area contributed by atoms with Gasteiger partial charge in [-0.25, -0.2) is 4.79 Å². The summed E-state index contributed by atoms with van der Waals surface area (Å²) in [6, 6.07) is 1.70. The predicted octanol–water partition coefficient (Wildman–Crippen LogP) is 1.96. The molecule has 0 aromatic carbocycles. The normalized spacial score (nSPS) is 19.7. The number of hydrogen-bond donors (Lipinski definition) is 1. The molecule has 0 aliphatic carbocycles. The molecule has 18 heavy (non-hydrogen) atoms. The van der Waals surface area contributed by atoms with Gasteiger partial charge in [-0.05, 0) is 25.3 Å². The van der Waals surface area contributed by atoms with Gasteiger partial charge < -0.3 is 14.7 Å². The largest absolute Gasteiger partial charge is 0.471 e. The first-order valence-corrected chi connectivity index (χ1v) is 6.08. The van der Waals surface area contributed by atoms with Gasteiger partial charge in [0.15, 0.2) is 5.15 Å². The Hall–Kier alpha value is -1.56. The average molecular weight is 272 g/mol. The SMILES string of the molecule is Cc1cc(O[C@@H]2CCCN(C(=O)O)C2)nnc1Cl. The van der Waals surface area contributed by atoms with Gasteiger partial charge in [-0.1, -0.05) is 11.6 Å². The summed E-state index contributed by atoms with van der Waals surface area (Å²) in [5.74, 6) is 0.383. The Morgan fingerprint density at radius 1 is 1.61 bits per heavy atom. The zero-order valence-corrected chi connectivity index (χ0v) is 10.7. The van der Waals surface area contributed by atoms with E-state index in [2.05, 4.69) is 10.2 Å². The summed E-state index contributed by atoms with van der Waals surface area (Å²) >= 11 is 5.77. The molecule has 0 unspecified atom stereocenters. The predicted molar refractivity (Wildman–Crippen MR) is 65.0 cm³/mol. The number of likely N-dealkylation sites (tertiary alicyclic amines) is 1. The van der Waals surface area contributed by atoms with Crippen molar-refractivity contribution in [3.8, 4) is 5.88 Å². The molecule has 6 nitrogen and oxygen atoms in total. The van der Waals surface area contributed by atoms with E-state index >= 15 is 0 Å². The molecule has 1 aliphatic heterocycles. The Morgan fingerprint density at radius 2 is 2.39 bits per heavy atom. The topological polar surface area (TPSA) is 75.5 Å². The van der Waals surface area contributed by atoms with Crippen LogP contribution in [0.5, 0.6) is 5.88 Å². The van der Waals surface area contributed by atoms with Crippen molar-refractivity contribution in [2.45, 2.75) is 25.9 Å². The highest BCUT2D eigenvalue weighted by atomic mass is 35.5. The maximum atomic E-state index is 10.9. The molecule has 0 bridgehead atoms. The second-order valence-corrected chi connectivity index (χ2v) is 4.63. The minimum atomic E-state index is -0.915. The van der Waals surface area contributed by atoms with Gasteiger partial charge in [-0.3, -0.25) is 0 Å². The number of aryl methyl sites for hydroxylation is 1. The minimum Gasteiger partial charge on any atom is -0.471 e. The molecule has 0 radical (unpaired) electrons. The van der Waals surface area contributed by atoms with E-state index in [1.807, 2.05) is 6.92 Å². The second kappa shape index (κ2) is 5.39. The Labute approximate surface area is 110 Å². The summed E-state index contributed by atoms with van der Waals surface area (Å²) < 4.78 is 5.63. The van der Waals surface area contributed by atoms with E-state index in [-0.39, 0.29) is 6.10 Å². The Bertz CT molecular complexity index is 455. The van der Waals surface area contributed by atoms with E-state index in [0.29, 0.717) is 24.1 Å². The van der Waals surface area contributed by atoms with Gasteiger partial charge in [-0.15, -0.1) is 10.2 Å². The lowest BCUT2D eigenvalue weighted by atomic mass is 10.1. The molecular weight excluding hydrogens is 258 g/mol. The number of ether oxygens (including phenoxy) is 1. The first-order chi connectivity index (χ1) is 8.56. The number of carboxylic acid groups (broad SMARTS) is 1. The molecule has 7 heteroatoms.